The van der Waals surface area contributed by atoms with Crippen molar-refractivity contribution in [3.05, 3.63) is 113 Å². The number of benzene rings is 3. The second kappa shape index (κ2) is 7.52. The first-order valence-electron chi connectivity index (χ1n) is 10.2. The van der Waals surface area contributed by atoms with Crippen molar-refractivity contribution in [3.8, 4) is 0 Å². The molecule has 2 heterocycles. The molecule has 1 nitrogen and oxygen atoms in total. The van der Waals surface area contributed by atoms with Gasteiger partial charge in [-0.15, -0.1) is 0 Å². The molecule has 0 unspecified atom stereocenters. The second-order valence-electron chi connectivity index (χ2n) is 8.28. The number of hydrogen-bond donors (Lipinski definition) is 0. The summed E-state index contributed by atoms with van der Waals surface area (Å²) in [7, 11) is 0. The first-order chi connectivity index (χ1) is 14.4. The number of allylic oxidation sites excluding steroid dienone is 2. The van der Waals surface area contributed by atoms with Gasteiger partial charge in [0.25, 0.3) is 0 Å². The van der Waals surface area contributed by atoms with E-state index in [9.17, 15) is 0 Å². The Kier molecular flexibility index (Phi) is 5.09. The number of hydrogen-bond acceptors (Lipinski definition) is 0. The summed E-state index contributed by atoms with van der Waals surface area (Å²) in [5.74, 6) is 0. The fourth-order valence-electron chi connectivity index (χ4n) is 4.94. The number of halogens is 2. The standard InChI is InChI=1S/C27H23I2N/c1-17-8-12-20(13-9-17)27(21-14-10-18(2)11-15-21)25(29)23(28)16-30-24-7-5-4-6-22(24)19(3)26(27)30/h4-15H,16H2,1-3H3. The first kappa shape index (κ1) is 20.3. The Morgan fingerprint density at radius 3 is 1.83 bits per heavy atom. The molecule has 0 bridgehead atoms. The van der Waals surface area contributed by atoms with Crippen LogP contribution in [0, 0.1) is 20.8 Å². The maximum absolute atomic E-state index is 2.62. The van der Waals surface area contributed by atoms with Crippen molar-refractivity contribution >= 4 is 56.1 Å². The number of aryl methyl sites for hydroxylation is 3. The van der Waals surface area contributed by atoms with E-state index in [0.29, 0.717) is 0 Å². The van der Waals surface area contributed by atoms with Gasteiger partial charge in [0.1, 0.15) is 0 Å². The second-order valence-corrected chi connectivity index (χ2v) is 10.7. The van der Waals surface area contributed by atoms with Crippen LogP contribution in [0.4, 0.5) is 0 Å². The van der Waals surface area contributed by atoms with E-state index in [4.69, 9.17) is 0 Å². The van der Waals surface area contributed by atoms with Crippen molar-refractivity contribution in [2.45, 2.75) is 32.7 Å². The molecule has 4 aromatic rings. The van der Waals surface area contributed by atoms with E-state index in [1.54, 1.807) is 0 Å². The molecule has 1 aromatic heterocycles. The van der Waals surface area contributed by atoms with Gasteiger partial charge in [-0.2, -0.15) is 0 Å². The summed E-state index contributed by atoms with van der Waals surface area (Å²) in [6.45, 7) is 7.56. The van der Waals surface area contributed by atoms with E-state index >= 15 is 0 Å². The fraction of sp³-hybridized carbons (Fsp3) is 0.185. The highest BCUT2D eigenvalue weighted by molar-refractivity contribution is 14.1. The Morgan fingerprint density at radius 1 is 0.733 bits per heavy atom. The maximum atomic E-state index is 2.62. The van der Waals surface area contributed by atoms with Crippen LogP contribution in [0.2, 0.25) is 0 Å². The summed E-state index contributed by atoms with van der Waals surface area (Å²) >= 11 is 5.18. The van der Waals surface area contributed by atoms with Crippen molar-refractivity contribution in [2.24, 2.45) is 0 Å². The number of fused-ring (bicyclic) bond motifs is 3. The first-order valence-corrected chi connectivity index (χ1v) is 12.4. The quantitative estimate of drug-likeness (QED) is 0.202. The van der Waals surface area contributed by atoms with E-state index in [-0.39, 0.29) is 5.41 Å². The van der Waals surface area contributed by atoms with Crippen LogP contribution >= 0.6 is 45.2 Å². The average Bonchev–Trinajstić information content (AvgIpc) is 3.03. The molecule has 0 spiro atoms. The molecular weight excluding hydrogens is 592 g/mol. The van der Waals surface area contributed by atoms with Crippen molar-refractivity contribution in [1.29, 1.82) is 0 Å². The summed E-state index contributed by atoms with van der Waals surface area (Å²) in [5.41, 5.74) is 9.06. The molecule has 0 saturated heterocycles. The van der Waals surface area contributed by atoms with Gasteiger partial charge in [0.2, 0.25) is 0 Å². The third-order valence-electron chi connectivity index (χ3n) is 6.41. The minimum atomic E-state index is -0.306. The highest BCUT2D eigenvalue weighted by atomic mass is 127. The molecule has 5 rings (SSSR count). The van der Waals surface area contributed by atoms with Crippen LogP contribution in [-0.2, 0) is 12.0 Å². The minimum absolute atomic E-state index is 0.306. The van der Waals surface area contributed by atoms with Crippen LogP contribution in [0.3, 0.4) is 0 Å². The van der Waals surface area contributed by atoms with Gasteiger partial charge in [-0.3, -0.25) is 0 Å². The Morgan fingerprint density at radius 2 is 1.27 bits per heavy atom. The van der Waals surface area contributed by atoms with Crippen LogP contribution in [0.1, 0.15) is 33.5 Å². The van der Waals surface area contributed by atoms with Gasteiger partial charge in [0.15, 0.2) is 0 Å². The largest absolute Gasteiger partial charge is 0.338 e. The molecule has 0 saturated carbocycles. The molecule has 1 aliphatic heterocycles. The highest BCUT2D eigenvalue weighted by Crippen LogP contribution is 2.55. The fourth-order valence-corrected chi connectivity index (χ4v) is 6.74. The van der Waals surface area contributed by atoms with E-state index in [1.807, 2.05) is 0 Å². The monoisotopic (exact) mass is 615 g/mol. The zero-order valence-corrected chi connectivity index (χ0v) is 21.7. The summed E-state index contributed by atoms with van der Waals surface area (Å²) in [5, 5.41) is 1.35. The van der Waals surface area contributed by atoms with Gasteiger partial charge in [0, 0.05) is 23.8 Å². The normalized spacial score (nSPS) is 15.5. The minimum Gasteiger partial charge on any atom is -0.338 e. The van der Waals surface area contributed by atoms with Crippen molar-refractivity contribution in [3.63, 3.8) is 0 Å². The number of rotatable bonds is 2. The Labute approximate surface area is 205 Å². The van der Waals surface area contributed by atoms with Crippen LogP contribution in [0.25, 0.3) is 10.9 Å². The molecule has 0 radical (unpaired) electrons. The maximum Gasteiger partial charge on any atom is 0.0921 e. The van der Waals surface area contributed by atoms with Crippen molar-refractivity contribution in [2.75, 3.05) is 0 Å². The van der Waals surface area contributed by atoms with Gasteiger partial charge in [0.05, 0.1) is 12.0 Å². The summed E-state index contributed by atoms with van der Waals surface area (Å²) in [4.78, 5) is 0. The zero-order valence-electron chi connectivity index (χ0n) is 17.3. The molecule has 0 fully saturated rings. The van der Waals surface area contributed by atoms with Gasteiger partial charge in [-0.05, 0) is 88.7 Å². The number of nitrogens with zero attached hydrogens (tertiary/aromatic N) is 1. The molecule has 0 atom stereocenters. The lowest BCUT2D eigenvalue weighted by Gasteiger charge is -2.41. The topological polar surface area (TPSA) is 4.93 Å². The van der Waals surface area contributed by atoms with Crippen LogP contribution in [0.15, 0.2) is 80.0 Å². The predicted molar refractivity (Wildman–Crippen MR) is 144 cm³/mol. The van der Waals surface area contributed by atoms with Gasteiger partial charge in [-0.25, -0.2) is 0 Å². The number of para-hydroxylation sites is 1. The number of aromatic nitrogens is 1. The Hall–Kier alpha value is -1.60. The Balaban J connectivity index is 1.98. The lowest BCUT2D eigenvalue weighted by Crippen LogP contribution is -2.37. The highest BCUT2D eigenvalue weighted by Gasteiger charge is 2.46. The molecule has 150 valence electrons. The third kappa shape index (κ3) is 2.84. The smallest absolute Gasteiger partial charge is 0.0921 e. The molecule has 1 aliphatic rings. The molecular formula is C27H23I2N. The lowest BCUT2D eigenvalue weighted by atomic mass is 9.69. The van der Waals surface area contributed by atoms with E-state index in [1.165, 1.54) is 51.6 Å². The van der Waals surface area contributed by atoms with E-state index in [0.717, 1.165) is 6.54 Å². The van der Waals surface area contributed by atoms with E-state index in [2.05, 4.69) is 143 Å². The predicted octanol–water partition coefficient (Wildman–Crippen LogP) is 8.00. The molecule has 0 amide bonds. The molecule has 0 aliphatic carbocycles. The zero-order chi connectivity index (χ0) is 21.0. The van der Waals surface area contributed by atoms with Crippen molar-refractivity contribution in [1.82, 2.24) is 4.57 Å². The summed E-state index contributed by atoms with van der Waals surface area (Å²) < 4.78 is 5.36. The van der Waals surface area contributed by atoms with Gasteiger partial charge < -0.3 is 4.57 Å². The lowest BCUT2D eigenvalue weighted by molar-refractivity contribution is 0.628. The molecule has 30 heavy (non-hydrogen) atoms. The molecule has 3 heteroatoms. The molecule has 3 aromatic carbocycles. The van der Waals surface area contributed by atoms with Crippen LogP contribution in [0.5, 0.6) is 0 Å². The third-order valence-corrected chi connectivity index (χ3v) is 9.79. The Bertz CT molecular complexity index is 1250. The average molecular weight is 615 g/mol. The van der Waals surface area contributed by atoms with Gasteiger partial charge >= 0.3 is 0 Å². The van der Waals surface area contributed by atoms with Crippen molar-refractivity contribution < 1.29 is 0 Å². The SMILES string of the molecule is Cc1ccc(C2(c3ccc(C)cc3)C(I)=C(I)Cn3c2c(C)c2ccccc23)cc1. The van der Waals surface area contributed by atoms with Crippen LogP contribution in [-0.4, -0.2) is 4.57 Å². The summed E-state index contributed by atoms with van der Waals surface area (Å²) in [6.07, 6.45) is 0. The van der Waals surface area contributed by atoms with Crippen LogP contribution < -0.4 is 0 Å². The summed E-state index contributed by atoms with van der Waals surface area (Å²) in [6, 6.07) is 27.1. The molecule has 0 N–H and O–H groups in total. The van der Waals surface area contributed by atoms with Gasteiger partial charge in [-0.1, -0.05) is 77.9 Å². The van der Waals surface area contributed by atoms with E-state index < -0.39 is 0 Å².